The summed E-state index contributed by atoms with van der Waals surface area (Å²) in [5, 5.41) is 0. The minimum Gasteiger partial charge on any atom is -0.347 e. The van der Waals surface area contributed by atoms with Gasteiger partial charge in [0, 0.05) is 24.4 Å². The van der Waals surface area contributed by atoms with Crippen molar-refractivity contribution in [2.45, 2.75) is 5.92 Å². The fourth-order valence-electron chi connectivity index (χ4n) is 2.27. The molecule has 0 saturated carbocycles. The SMILES string of the molecule is C1=CN(c2ccccc2)CC1c1ccccc1. The Hall–Kier alpha value is -2.02. The van der Waals surface area contributed by atoms with Crippen LogP contribution < -0.4 is 4.90 Å². The molecule has 0 amide bonds. The molecule has 1 nitrogen and oxygen atoms in total. The van der Waals surface area contributed by atoms with Crippen molar-refractivity contribution in [3.63, 3.8) is 0 Å². The molecule has 3 rings (SSSR count). The van der Waals surface area contributed by atoms with Crippen LogP contribution in [0.3, 0.4) is 0 Å². The van der Waals surface area contributed by atoms with Crippen LogP contribution in [0, 0.1) is 0 Å². The summed E-state index contributed by atoms with van der Waals surface area (Å²) in [7, 11) is 0. The van der Waals surface area contributed by atoms with Crippen LogP contribution in [0.25, 0.3) is 0 Å². The van der Waals surface area contributed by atoms with Gasteiger partial charge < -0.3 is 4.90 Å². The van der Waals surface area contributed by atoms with Gasteiger partial charge in [-0.2, -0.15) is 0 Å². The third-order valence-electron chi connectivity index (χ3n) is 3.21. The van der Waals surface area contributed by atoms with Crippen LogP contribution >= 0.6 is 0 Å². The van der Waals surface area contributed by atoms with E-state index in [2.05, 4.69) is 77.8 Å². The van der Waals surface area contributed by atoms with Crippen LogP contribution in [0.4, 0.5) is 5.69 Å². The first-order valence-corrected chi connectivity index (χ1v) is 5.98. The van der Waals surface area contributed by atoms with Crippen molar-refractivity contribution < 1.29 is 0 Å². The van der Waals surface area contributed by atoms with Crippen molar-refractivity contribution in [3.8, 4) is 0 Å². The lowest BCUT2D eigenvalue weighted by Crippen LogP contribution is -2.16. The van der Waals surface area contributed by atoms with Gasteiger partial charge in [-0.1, -0.05) is 54.6 Å². The first-order chi connectivity index (χ1) is 8.43. The first-order valence-electron chi connectivity index (χ1n) is 5.98. The van der Waals surface area contributed by atoms with E-state index >= 15 is 0 Å². The molecule has 1 unspecified atom stereocenters. The molecule has 84 valence electrons. The number of para-hydroxylation sites is 1. The van der Waals surface area contributed by atoms with Crippen LogP contribution in [-0.2, 0) is 0 Å². The van der Waals surface area contributed by atoms with Crippen molar-refractivity contribution >= 4 is 5.69 Å². The molecule has 0 N–H and O–H groups in total. The maximum atomic E-state index is 2.30. The fourth-order valence-corrected chi connectivity index (χ4v) is 2.27. The van der Waals surface area contributed by atoms with E-state index in [4.69, 9.17) is 0 Å². The zero-order valence-electron chi connectivity index (χ0n) is 9.66. The van der Waals surface area contributed by atoms with Crippen molar-refractivity contribution in [1.82, 2.24) is 0 Å². The molecule has 1 aliphatic heterocycles. The van der Waals surface area contributed by atoms with Crippen LogP contribution in [0.15, 0.2) is 72.9 Å². The van der Waals surface area contributed by atoms with Crippen LogP contribution in [0.5, 0.6) is 0 Å². The molecule has 0 bridgehead atoms. The second-order valence-electron chi connectivity index (χ2n) is 4.35. The van der Waals surface area contributed by atoms with Gasteiger partial charge in [0.05, 0.1) is 0 Å². The topological polar surface area (TPSA) is 3.24 Å². The maximum absolute atomic E-state index is 2.30. The third kappa shape index (κ3) is 2.09. The number of benzene rings is 2. The van der Waals surface area contributed by atoms with Gasteiger partial charge in [0.25, 0.3) is 0 Å². The number of rotatable bonds is 2. The summed E-state index contributed by atoms with van der Waals surface area (Å²) in [6, 6.07) is 21.2. The van der Waals surface area contributed by atoms with Crippen LogP contribution in [0.2, 0.25) is 0 Å². The molecule has 0 radical (unpaired) electrons. The Kier molecular flexibility index (Phi) is 2.66. The van der Waals surface area contributed by atoms with E-state index in [9.17, 15) is 0 Å². The lowest BCUT2D eigenvalue weighted by atomic mass is 10.0. The van der Waals surface area contributed by atoms with E-state index in [1.165, 1.54) is 11.3 Å². The summed E-state index contributed by atoms with van der Waals surface area (Å²) in [5.41, 5.74) is 2.66. The summed E-state index contributed by atoms with van der Waals surface area (Å²) in [6.45, 7) is 1.04. The summed E-state index contributed by atoms with van der Waals surface area (Å²) < 4.78 is 0. The summed E-state index contributed by atoms with van der Waals surface area (Å²) in [6.07, 6.45) is 4.47. The summed E-state index contributed by atoms with van der Waals surface area (Å²) in [4.78, 5) is 2.30. The molecule has 2 aromatic carbocycles. The monoisotopic (exact) mass is 221 g/mol. The highest BCUT2D eigenvalue weighted by Crippen LogP contribution is 2.27. The van der Waals surface area contributed by atoms with E-state index in [0.717, 1.165) is 6.54 Å². The van der Waals surface area contributed by atoms with Crippen molar-refractivity contribution in [3.05, 3.63) is 78.5 Å². The fraction of sp³-hybridized carbons (Fsp3) is 0.125. The van der Waals surface area contributed by atoms with Gasteiger partial charge in [-0.05, 0) is 17.7 Å². The molecule has 0 aromatic heterocycles. The standard InChI is InChI=1S/C16H15N/c1-3-7-14(8-4-1)15-11-12-17(13-15)16-9-5-2-6-10-16/h1-12,15H,13H2. The van der Waals surface area contributed by atoms with Gasteiger partial charge in [0.1, 0.15) is 0 Å². The largest absolute Gasteiger partial charge is 0.347 e. The minimum atomic E-state index is 0.511. The highest BCUT2D eigenvalue weighted by Gasteiger charge is 2.17. The van der Waals surface area contributed by atoms with Crippen LogP contribution in [0.1, 0.15) is 11.5 Å². The molecule has 1 aliphatic rings. The van der Waals surface area contributed by atoms with E-state index in [0.29, 0.717) is 5.92 Å². The van der Waals surface area contributed by atoms with E-state index in [-0.39, 0.29) is 0 Å². The van der Waals surface area contributed by atoms with Crippen LogP contribution in [-0.4, -0.2) is 6.54 Å². The van der Waals surface area contributed by atoms with Gasteiger partial charge in [-0.15, -0.1) is 0 Å². The molecule has 1 heterocycles. The van der Waals surface area contributed by atoms with Crippen molar-refractivity contribution in [1.29, 1.82) is 0 Å². The Morgan fingerprint density at radius 1 is 0.824 bits per heavy atom. The summed E-state index contributed by atoms with van der Waals surface area (Å²) in [5.74, 6) is 0.511. The Labute approximate surface area is 102 Å². The third-order valence-corrected chi connectivity index (χ3v) is 3.21. The predicted molar refractivity (Wildman–Crippen MR) is 72.1 cm³/mol. The zero-order valence-corrected chi connectivity index (χ0v) is 9.66. The molecule has 1 atom stereocenters. The summed E-state index contributed by atoms with van der Waals surface area (Å²) >= 11 is 0. The van der Waals surface area contributed by atoms with E-state index in [1.54, 1.807) is 0 Å². The van der Waals surface area contributed by atoms with Gasteiger partial charge in [-0.25, -0.2) is 0 Å². The molecule has 2 aromatic rings. The van der Waals surface area contributed by atoms with Gasteiger partial charge in [0.15, 0.2) is 0 Å². The second-order valence-corrected chi connectivity index (χ2v) is 4.35. The second kappa shape index (κ2) is 4.46. The normalized spacial score (nSPS) is 18.6. The van der Waals surface area contributed by atoms with Gasteiger partial charge in [-0.3, -0.25) is 0 Å². The molecular weight excluding hydrogens is 206 g/mol. The number of hydrogen-bond acceptors (Lipinski definition) is 1. The lowest BCUT2D eigenvalue weighted by molar-refractivity contribution is 0.868. The first kappa shape index (κ1) is 10.2. The smallest absolute Gasteiger partial charge is 0.0406 e. The van der Waals surface area contributed by atoms with Crippen molar-refractivity contribution in [2.24, 2.45) is 0 Å². The Morgan fingerprint density at radius 2 is 1.47 bits per heavy atom. The van der Waals surface area contributed by atoms with Crippen molar-refractivity contribution in [2.75, 3.05) is 11.4 Å². The quantitative estimate of drug-likeness (QED) is 0.745. The zero-order chi connectivity index (χ0) is 11.5. The highest BCUT2D eigenvalue weighted by atomic mass is 15.1. The van der Waals surface area contributed by atoms with Gasteiger partial charge in [0.2, 0.25) is 0 Å². The van der Waals surface area contributed by atoms with E-state index < -0.39 is 0 Å². The van der Waals surface area contributed by atoms with E-state index in [1.807, 2.05) is 0 Å². The Balaban J connectivity index is 1.78. The molecule has 17 heavy (non-hydrogen) atoms. The number of hydrogen-bond donors (Lipinski definition) is 0. The minimum absolute atomic E-state index is 0.511. The Bertz CT molecular complexity index is 454. The Morgan fingerprint density at radius 3 is 2.18 bits per heavy atom. The molecular formula is C16H15N. The lowest BCUT2D eigenvalue weighted by Gasteiger charge is -2.18. The predicted octanol–water partition coefficient (Wildman–Crippen LogP) is 3.80. The molecule has 1 heteroatoms. The average Bonchev–Trinajstić information content (AvgIpc) is 2.90. The highest BCUT2D eigenvalue weighted by molar-refractivity contribution is 5.52. The molecule has 0 aliphatic carbocycles. The number of nitrogens with zero attached hydrogens (tertiary/aromatic N) is 1. The molecule has 0 saturated heterocycles. The average molecular weight is 221 g/mol. The van der Waals surface area contributed by atoms with Gasteiger partial charge >= 0.3 is 0 Å². The molecule has 0 spiro atoms. The number of anilines is 1. The maximum Gasteiger partial charge on any atom is 0.0406 e. The molecule has 0 fully saturated rings.